The number of ether oxygens (including phenoxy) is 2. The van der Waals surface area contributed by atoms with E-state index in [9.17, 15) is 0 Å². The molecule has 1 aliphatic carbocycles. The lowest BCUT2D eigenvalue weighted by molar-refractivity contribution is 0.122. The molecule has 0 saturated carbocycles. The van der Waals surface area contributed by atoms with Gasteiger partial charge in [-0.3, -0.25) is 0 Å². The monoisotopic (exact) mass is 609 g/mol. The van der Waals surface area contributed by atoms with Gasteiger partial charge >= 0.3 is 0 Å². The van der Waals surface area contributed by atoms with Gasteiger partial charge in [-0.25, -0.2) is 0 Å². The number of nitrogens with zero attached hydrogens (tertiary/aromatic N) is 1. The van der Waals surface area contributed by atoms with Gasteiger partial charge in [-0.1, -0.05) is 92.7 Å². The third-order valence-electron chi connectivity index (χ3n) is 10.5. The number of thioether (sulfide) groups is 1. The molecule has 1 unspecified atom stereocenters. The van der Waals surface area contributed by atoms with Crippen molar-refractivity contribution in [2.75, 3.05) is 37.5 Å². The number of fused-ring (bicyclic) bond motifs is 8. The molecule has 226 valence electrons. The van der Waals surface area contributed by atoms with E-state index in [1.807, 2.05) is 0 Å². The van der Waals surface area contributed by atoms with Gasteiger partial charge in [0, 0.05) is 51.2 Å². The summed E-state index contributed by atoms with van der Waals surface area (Å²) in [7, 11) is 0. The summed E-state index contributed by atoms with van der Waals surface area (Å²) >= 11 is 1.78. The second-order valence-electron chi connectivity index (χ2n) is 12.4. The fourth-order valence-electron chi connectivity index (χ4n) is 8.17. The van der Waals surface area contributed by atoms with Gasteiger partial charge in [0.05, 0.1) is 13.2 Å². The highest BCUT2D eigenvalue weighted by atomic mass is 32.2. The molecule has 2 aliphatic heterocycles. The van der Waals surface area contributed by atoms with Crippen LogP contribution in [0.25, 0.3) is 28.0 Å². The molecular formula is C41H39NO2S. The zero-order valence-corrected chi connectivity index (χ0v) is 27.1. The molecule has 5 aromatic carbocycles. The zero-order valence-electron chi connectivity index (χ0n) is 26.3. The van der Waals surface area contributed by atoms with E-state index in [1.54, 1.807) is 11.8 Å². The number of hydrogen-bond donors (Lipinski definition) is 0. The Labute approximate surface area is 270 Å². The minimum atomic E-state index is -0.763. The van der Waals surface area contributed by atoms with Crippen LogP contribution in [0.1, 0.15) is 54.5 Å². The van der Waals surface area contributed by atoms with Gasteiger partial charge in [0.25, 0.3) is 0 Å². The van der Waals surface area contributed by atoms with Gasteiger partial charge in [0.2, 0.25) is 0 Å². The van der Waals surface area contributed by atoms with Crippen LogP contribution in [-0.2, 0) is 15.8 Å². The fourth-order valence-corrected chi connectivity index (χ4v) is 8.61. The Morgan fingerprint density at radius 1 is 0.778 bits per heavy atom. The maximum absolute atomic E-state index is 7.57. The largest absolute Gasteiger partial charge is 0.472 e. The van der Waals surface area contributed by atoms with Gasteiger partial charge in [-0.05, 0) is 77.1 Å². The molecule has 0 bridgehead atoms. The average molecular weight is 610 g/mol. The summed E-state index contributed by atoms with van der Waals surface area (Å²) < 4.78 is 13.2. The molecule has 3 nitrogen and oxygen atoms in total. The molecule has 0 amide bonds. The maximum Gasteiger partial charge on any atom is 0.178 e. The molecular weight excluding hydrogens is 571 g/mol. The standard InChI is InChI=1S/C41H39NO2S/c1-4-40(5-2)36-14-10-9-13-33(36)37-32-20-19-31(45-3)27-35(32)39-34(38(37)40)21-22-41(44-39,28-11-7-6-8-12-28)29-15-17-30(18-16-29)42-23-25-43-26-24-42/h6-22,27H,4-5,23-26H2,1-3H3. The van der Waals surface area contributed by atoms with Crippen molar-refractivity contribution in [3.8, 4) is 16.9 Å². The first-order chi connectivity index (χ1) is 22.1. The van der Waals surface area contributed by atoms with E-state index < -0.39 is 5.60 Å². The Bertz CT molecular complexity index is 1920. The van der Waals surface area contributed by atoms with Crippen molar-refractivity contribution < 1.29 is 9.47 Å². The average Bonchev–Trinajstić information content (AvgIpc) is 3.43. The van der Waals surface area contributed by atoms with Crippen molar-refractivity contribution in [2.24, 2.45) is 0 Å². The van der Waals surface area contributed by atoms with E-state index in [-0.39, 0.29) is 5.41 Å². The van der Waals surface area contributed by atoms with Crippen LogP contribution in [0.4, 0.5) is 5.69 Å². The minimum Gasteiger partial charge on any atom is -0.472 e. The lowest BCUT2D eigenvalue weighted by Crippen LogP contribution is -2.37. The van der Waals surface area contributed by atoms with E-state index in [4.69, 9.17) is 9.47 Å². The fraction of sp³-hybridized carbons (Fsp3) is 0.268. The first-order valence-corrected chi connectivity index (χ1v) is 17.5. The second-order valence-corrected chi connectivity index (χ2v) is 13.3. The Hall–Kier alpha value is -3.99. The first-order valence-electron chi connectivity index (χ1n) is 16.3. The summed E-state index contributed by atoms with van der Waals surface area (Å²) in [6, 6.07) is 35.8. The molecule has 2 heterocycles. The van der Waals surface area contributed by atoms with E-state index in [0.29, 0.717) is 0 Å². The maximum atomic E-state index is 7.57. The highest BCUT2D eigenvalue weighted by molar-refractivity contribution is 7.98. The van der Waals surface area contributed by atoms with Crippen molar-refractivity contribution in [1.82, 2.24) is 0 Å². The van der Waals surface area contributed by atoms with Crippen molar-refractivity contribution in [3.05, 3.63) is 131 Å². The highest BCUT2D eigenvalue weighted by Crippen LogP contribution is 2.60. The predicted octanol–water partition coefficient (Wildman–Crippen LogP) is 9.83. The highest BCUT2D eigenvalue weighted by Gasteiger charge is 2.46. The molecule has 3 aliphatic rings. The van der Waals surface area contributed by atoms with Crippen LogP contribution in [0.2, 0.25) is 0 Å². The minimum absolute atomic E-state index is 0.0668. The lowest BCUT2D eigenvalue weighted by Gasteiger charge is -2.39. The molecule has 0 aromatic heterocycles. The molecule has 45 heavy (non-hydrogen) atoms. The molecule has 0 spiro atoms. The van der Waals surface area contributed by atoms with Gasteiger partial charge in [-0.2, -0.15) is 0 Å². The lowest BCUT2D eigenvalue weighted by atomic mass is 9.71. The smallest absolute Gasteiger partial charge is 0.178 e. The number of hydrogen-bond acceptors (Lipinski definition) is 4. The molecule has 4 heteroatoms. The van der Waals surface area contributed by atoms with Crippen molar-refractivity contribution in [3.63, 3.8) is 0 Å². The Morgan fingerprint density at radius 2 is 1.49 bits per heavy atom. The summed E-state index contributed by atoms with van der Waals surface area (Å²) in [5.74, 6) is 0.988. The number of anilines is 1. The Balaban J connectivity index is 1.39. The number of rotatable bonds is 6. The van der Waals surface area contributed by atoms with Crippen LogP contribution in [0, 0.1) is 0 Å². The van der Waals surface area contributed by atoms with Crippen LogP contribution in [-0.4, -0.2) is 32.6 Å². The van der Waals surface area contributed by atoms with Crippen molar-refractivity contribution in [2.45, 2.75) is 42.6 Å². The van der Waals surface area contributed by atoms with E-state index in [0.717, 1.165) is 56.0 Å². The van der Waals surface area contributed by atoms with Crippen LogP contribution < -0.4 is 9.64 Å². The molecule has 8 rings (SSSR count). The quantitative estimate of drug-likeness (QED) is 0.179. The SMILES string of the molecule is CCC1(CC)c2ccccc2-c2c1c1c(c3cc(SC)ccc23)OC(c2ccccc2)(c2ccc(N3CCOCC3)cc2)C=C1. The van der Waals surface area contributed by atoms with E-state index >= 15 is 0 Å². The van der Waals surface area contributed by atoms with Gasteiger partial charge in [0.1, 0.15) is 5.75 Å². The molecule has 1 fully saturated rings. The number of benzene rings is 5. The first kappa shape index (κ1) is 28.5. The Kier molecular flexibility index (Phi) is 7.04. The summed E-state index contributed by atoms with van der Waals surface area (Å²) in [6.45, 7) is 8.08. The second kappa shape index (κ2) is 11.1. The van der Waals surface area contributed by atoms with E-state index in [2.05, 4.69) is 134 Å². The van der Waals surface area contributed by atoms with Crippen molar-refractivity contribution >= 4 is 34.3 Å². The topological polar surface area (TPSA) is 21.7 Å². The third kappa shape index (κ3) is 4.22. The summed E-state index contributed by atoms with van der Waals surface area (Å²) in [5.41, 5.74) is 9.50. The molecule has 5 aromatic rings. The van der Waals surface area contributed by atoms with Crippen LogP contribution in [0.15, 0.2) is 108 Å². The summed E-state index contributed by atoms with van der Waals surface area (Å²) in [5, 5.41) is 2.46. The van der Waals surface area contributed by atoms with Gasteiger partial charge in [-0.15, -0.1) is 11.8 Å². The van der Waals surface area contributed by atoms with Gasteiger partial charge < -0.3 is 14.4 Å². The molecule has 0 radical (unpaired) electrons. The Morgan fingerprint density at radius 3 is 2.22 bits per heavy atom. The number of morpholine rings is 1. The predicted molar refractivity (Wildman–Crippen MR) is 189 cm³/mol. The summed E-state index contributed by atoms with van der Waals surface area (Å²) in [6.07, 6.45) is 8.93. The van der Waals surface area contributed by atoms with Crippen LogP contribution >= 0.6 is 11.8 Å². The van der Waals surface area contributed by atoms with Crippen molar-refractivity contribution in [1.29, 1.82) is 0 Å². The molecule has 0 N–H and O–H groups in total. The van der Waals surface area contributed by atoms with E-state index in [1.165, 1.54) is 49.2 Å². The van der Waals surface area contributed by atoms with Gasteiger partial charge in [0.15, 0.2) is 5.60 Å². The third-order valence-corrected chi connectivity index (χ3v) is 11.3. The summed E-state index contributed by atoms with van der Waals surface area (Å²) in [4.78, 5) is 3.65. The molecule has 1 atom stereocenters. The zero-order chi connectivity index (χ0) is 30.6. The van der Waals surface area contributed by atoms with Crippen LogP contribution in [0.3, 0.4) is 0 Å². The molecule has 1 saturated heterocycles. The van der Waals surface area contributed by atoms with Crippen LogP contribution in [0.5, 0.6) is 5.75 Å². The normalized spacial score (nSPS) is 19.6.